The zero-order valence-electron chi connectivity index (χ0n) is 14.2. The van der Waals surface area contributed by atoms with Crippen molar-refractivity contribution < 1.29 is 33.8 Å². The lowest BCUT2D eigenvalue weighted by molar-refractivity contribution is -0.873. The molecule has 23 heavy (non-hydrogen) atoms. The minimum Gasteiger partial charge on any atom is -0.481 e. The summed E-state index contributed by atoms with van der Waals surface area (Å²) >= 11 is 0. The van der Waals surface area contributed by atoms with Crippen molar-refractivity contribution in [2.24, 2.45) is 0 Å². The number of carboxylic acid groups (broad SMARTS) is 2. The first kappa shape index (κ1) is 21.1. The largest absolute Gasteiger partial charge is 0.481 e. The molecule has 0 aliphatic rings. The van der Waals surface area contributed by atoms with Gasteiger partial charge in [0.2, 0.25) is 0 Å². The molecule has 1 atom stereocenters. The van der Waals surface area contributed by atoms with Crippen molar-refractivity contribution in [2.75, 3.05) is 27.7 Å². The second-order valence-electron chi connectivity index (χ2n) is 6.48. The van der Waals surface area contributed by atoms with E-state index in [1.807, 2.05) is 27.2 Å². The quantitative estimate of drug-likeness (QED) is 0.244. The molecule has 0 spiro atoms. The maximum Gasteiger partial charge on any atom is 0.307 e. The van der Waals surface area contributed by atoms with Crippen LogP contribution in [0.3, 0.4) is 0 Å². The molecule has 0 fully saturated rings. The van der Waals surface area contributed by atoms with Crippen molar-refractivity contribution >= 4 is 17.9 Å². The molecule has 0 aliphatic heterocycles. The van der Waals surface area contributed by atoms with Crippen LogP contribution >= 0.6 is 0 Å². The first-order chi connectivity index (χ1) is 10.6. The van der Waals surface area contributed by atoms with Gasteiger partial charge in [-0.15, -0.1) is 0 Å². The summed E-state index contributed by atoms with van der Waals surface area (Å²) in [6.07, 6.45) is 4.84. The molecule has 0 heterocycles. The lowest BCUT2D eigenvalue weighted by Gasteiger charge is -2.28. The molecule has 0 aromatic heterocycles. The summed E-state index contributed by atoms with van der Waals surface area (Å²) in [4.78, 5) is 32.9. The normalized spacial score (nSPS) is 13.0. The Morgan fingerprint density at radius 1 is 1.00 bits per heavy atom. The van der Waals surface area contributed by atoms with E-state index in [9.17, 15) is 14.4 Å². The SMILES string of the molecule is C[N+](C)(C)CC(CC(=O)O)OC(=O)CCC/C=C/CCC(=O)O. The summed E-state index contributed by atoms with van der Waals surface area (Å²) < 4.78 is 5.77. The van der Waals surface area contributed by atoms with Crippen molar-refractivity contribution in [1.29, 1.82) is 0 Å². The van der Waals surface area contributed by atoms with Gasteiger partial charge in [0.15, 0.2) is 6.10 Å². The minimum absolute atomic E-state index is 0.0977. The number of aliphatic carboxylic acids is 2. The molecule has 0 amide bonds. The maximum atomic E-state index is 11.8. The van der Waals surface area contributed by atoms with Crippen molar-refractivity contribution in [3.63, 3.8) is 0 Å². The van der Waals surface area contributed by atoms with E-state index in [0.717, 1.165) is 0 Å². The Bertz CT molecular complexity index is 425. The number of likely N-dealkylation sites (N-methyl/N-ethyl adjacent to an activating group) is 1. The van der Waals surface area contributed by atoms with Gasteiger partial charge in [-0.2, -0.15) is 0 Å². The van der Waals surface area contributed by atoms with E-state index in [2.05, 4.69) is 0 Å². The summed E-state index contributed by atoms with van der Waals surface area (Å²) in [6.45, 7) is 0.438. The van der Waals surface area contributed by atoms with Crippen LogP contribution in [-0.2, 0) is 19.1 Å². The van der Waals surface area contributed by atoms with Crippen LogP contribution in [0.5, 0.6) is 0 Å². The molecule has 0 radical (unpaired) electrons. The molecule has 0 aromatic carbocycles. The fourth-order valence-corrected chi connectivity index (χ4v) is 2.00. The lowest BCUT2D eigenvalue weighted by atomic mass is 10.2. The third kappa shape index (κ3) is 14.8. The number of rotatable bonds is 12. The van der Waals surface area contributed by atoms with Crippen molar-refractivity contribution in [3.8, 4) is 0 Å². The van der Waals surface area contributed by atoms with Gasteiger partial charge in [0.05, 0.1) is 27.6 Å². The maximum absolute atomic E-state index is 11.8. The first-order valence-corrected chi connectivity index (χ1v) is 7.68. The molecule has 0 aliphatic carbocycles. The molecule has 132 valence electrons. The van der Waals surface area contributed by atoms with Gasteiger partial charge >= 0.3 is 17.9 Å². The Balaban J connectivity index is 4.07. The molecule has 7 nitrogen and oxygen atoms in total. The number of quaternary nitrogens is 1. The predicted molar refractivity (Wildman–Crippen MR) is 84.9 cm³/mol. The second-order valence-corrected chi connectivity index (χ2v) is 6.48. The highest BCUT2D eigenvalue weighted by Crippen LogP contribution is 2.08. The van der Waals surface area contributed by atoms with Crippen molar-refractivity contribution in [1.82, 2.24) is 0 Å². The number of carbonyl (C=O) groups excluding carboxylic acids is 1. The second kappa shape index (κ2) is 10.8. The van der Waals surface area contributed by atoms with Gasteiger partial charge in [0.25, 0.3) is 0 Å². The molecule has 0 bridgehead atoms. The number of ether oxygens (including phenoxy) is 1. The average Bonchev–Trinajstić information content (AvgIpc) is 2.34. The van der Waals surface area contributed by atoms with Gasteiger partial charge in [0.1, 0.15) is 6.54 Å². The predicted octanol–water partition coefficient (Wildman–Crippen LogP) is 1.67. The zero-order valence-corrected chi connectivity index (χ0v) is 14.2. The Kier molecular flexibility index (Phi) is 9.89. The smallest absolute Gasteiger partial charge is 0.307 e. The summed E-state index contributed by atoms with van der Waals surface area (Å²) in [5, 5.41) is 17.4. The standard InChI is InChI=1S/C16H27NO6/c1-17(2,3)12-13(11-15(20)21)23-16(22)10-8-6-4-5-7-9-14(18)19/h4-5,13H,6-12H2,1-3H3,(H-,18,19,20,21)/p+1/b5-4+. The number of carboxylic acids is 2. The summed E-state index contributed by atoms with van der Waals surface area (Å²) in [5.74, 6) is -2.22. The van der Waals surface area contributed by atoms with Gasteiger partial charge in [-0.3, -0.25) is 14.4 Å². The van der Waals surface area contributed by atoms with Gasteiger partial charge < -0.3 is 19.4 Å². The number of carbonyl (C=O) groups is 3. The molecule has 1 unspecified atom stereocenters. The molecular weight excluding hydrogens is 302 g/mol. The Labute approximate surface area is 137 Å². The number of unbranched alkanes of at least 4 members (excludes halogenated alkanes) is 1. The van der Waals surface area contributed by atoms with E-state index in [1.165, 1.54) is 0 Å². The van der Waals surface area contributed by atoms with Crippen LogP contribution in [-0.4, -0.2) is 66.4 Å². The Morgan fingerprint density at radius 2 is 1.61 bits per heavy atom. The van der Waals surface area contributed by atoms with Crippen LogP contribution in [0, 0.1) is 0 Å². The zero-order chi connectivity index (χ0) is 17.9. The number of esters is 1. The molecule has 7 heteroatoms. The first-order valence-electron chi connectivity index (χ1n) is 7.68. The summed E-state index contributed by atoms with van der Waals surface area (Å²) in [5.41, 5.74) is 0. The highest BCUT2D eigenvalue weighted by Gasteiger charge is 2.24. The third-order valence-corrected chi connectivity index (χ3v) is 2.89. The summed E-state index contributed by atoms with van der Waals surface area (Å²) in [6, 6.07) is 0. The van der Waals surface area contributed by atoms with Gasteiger partial charge in [0, 0.05) is 12.8 Å². The molecule has 2 N–H and O–H groups in total. The Hall–Kier alpha value is -1.89. The molecule has 0 aromatic rings. The number of hydrogen-bond acceptors (Lipinski definition) is 4. The molecule has 0 saturated heterocycles. The van der Waals surface area contributed by atoms with Gasteiger partial charge in [-0.25, -0.2) is 0 Å². The number of hydrogen-bond donors (Lipinski definition) is 2. The third-order valence-electron chi connectivity index (χ3n) is 2.89. The number of allylic oxidation sites excluding steroid dienone is 2. The van der Waals surface area contributed by atoms with Crippen LogP contribution in [0.2, 0.25) is 0 Å². The average molecular weight is 330 g/mol. The van der Waals surface area contributed by atoms with E-state index in [-0.39, 0.29) is 19.3 Å². The van der Waals surface area contributed by atoms with Crippen molar-refractivity contribution in [2.45, 2.75) is 44.6 Å². The molecule has 0 saturated carbocycles. The number of nitrogens with zero attached hydrogens (tertiary/aromatic N) is 1. The van der Waals surface area contributed by atoms with E-state index in [1.54, 1.807) is 6.08 Å². The van der Waals surface area contributed by atoms with Crippen LogP contribution in [0.15, 0.2) is 12.2 Å². The topological polar surface area (TPSA) is 101 Å². The van der Waals surface area contributed by atoms with Gasteiger partial charge in [-0.1, -0.05) is 12.2 Å². The van der Waals surface area contributed by atoms with Crippen LogP contribution < -0.4 is 0 Å². The minimum atomic E-state index is -0.988. The van der Waals surface area contributed by atoms with E-state index < -0.39 is 24.0 Å². The fraction of sp³-hybridized carbons (Fsp3) is 0.688. The monoisotopic (exact) mass is 330 g/mol. The highest BCUT2D eigenvalue weighted by atomic mass is 16.5. The van der Waals surface area contributed by atoms with Gasteiger partial charge in [-0.05, 0) is 19.3 Å². The van der Waals surface area contributed by atoms with Crippen LogP contribution in [0.4, 0.5) is 0 Å². The Morgan fingerprint density at radius 3 is 2.13 bits per heavy atom. The fourth-order valence-electron chi connectivity index (χ4n) is 2.00. The van der Waals surface area contributed by atoms with E-state index in [4.69, 9.17) is 14.9 Å². The molecular formula is C16H28NO6+. The lowest BCUT2D eigenvalue weighted by Crippen LogP contribution is -2.43. The van der Waals surface area contributed by atoms with Crippen LogP contribution in [0.25, 0.3) is 0 Å². The highest BCUT2D eigenvalue weighted by molar-refractivity contribution is 5.71. The van der Waals surface area contributed by atoms with Crippen molar-refractivity contribution in [3.05, 3.63) is 12.2 Å². The summed E-state index contributed by atoms with van der Waals surface area (Å²) in [7, 11) is 5.72. The molecule has 0 rings (SSSR count). The van der Waals surface area contributed by atoms with E-state index >= 15 is 0 Å². The van der Waals surface area contributed by atoms with Crippen LogP contribution in [0.1, 0.15) is 38.5 Å². The van der Waals surface area contributed by atoms with E-state index in [0.29, 0.717) is 30.3 Å².